The Morgan fingerprint density at radius 2 is 0.583 bits per heavy atom. The van der Waals surface area contributed by atoms with Crippen LogP contribution in [0.5, 0.6) is 0 Å². The number of aromatic nitrogens is 1. The lowest BCUT2D eigenvalue weighted by Gasteiger charge is -2.28. The predicted octanol–water partition coefficient (Wildman–Crippen LogP) is 22.7. The number of fused-ring (bicyclic) bond motifs is 4. The Kier molecular flexibility index (Phi) is 12.9. The third-order valence-electron chi connectivity index (χ3n) is 16.5. The maximum absolute atomic E-state index is 2.44. The van der Waals surface area contributed by atoms with Crippen molar-refractivity contribution in [3.05, 3.63) is 340 Å². The quantitative estimate of drug-likeness (QED) is 0.118. The van der Waals surface area contributed by atoms with E-state index in [1.165, 1.54) is 77.1 Å². The van der Waals surface area contributed by atoms with Crippen LogP contribution in [0.1, 0.15) is 0 Å². The zero-order valence-electron chi connectivity index (χ0n) is 46.2. The summed E-state index contributed by atoms with van der Waals surface area (Å²) < 4.78 is 2.41. The van der Waals surface area contributed by atoms with Gasteiger partial charge in [-0.2, -0.15) is 0 Å². The lowest BCUT2D eigenvalue weighted by Crippen LogP contribution is -2.10. The van der Waals surface area contributed by atoms with Gasteiger partial charge in [-0.05, 0) is 203 Å². The first-order valence-electron chi connectivity index (χ1n) is 28.9. The summed E-state index contributed by atoms with van der Waals surface area (Å²) in [5.41, 5.74) is 25.3. The highest BCUT2D eigenvalue weighted by Crippen LogP contribution is 2.45. The molecule has 84 heavy (non-hydrogen) atoms. The van der Waals surface area contributed by atoms with Gasteiger partial charge in [0.2, 0.25) is 0 Å². The molecule has 0 bridgehead atoms. The molecule has 0 spiro atoms. The summed E-state index contributed by atoms with van der Waals surface area (Å²) in [5.74, 6) is 0. The molecule has 0 aliphatic carbocycles. The molecule has 1 heterocycles. The van der Waals surface area contributed by atoms with E-state index in [0.29, 0.717) is 0 Å². The van der Waals surface area contributed by atoms with Gasteiger partial charge in [0.25, 0.3) is 0 Å². The van der Waals surface area contributed by atoms with Crippen molar-refractivity contribution in [2.24, 2.45) is 0 Å². The van der Waals surface area contributed by atoms with Crippen LogP contribution < -0.4 is 4.90 Å². The summed E-state index contributed by atoms with van der Waals surface area (Å²) in [6.45, 7) is 0. The summed E-state index contributed by atoms with van der Waals surface area (Å²) in [6.07, 6.45) is 0. The van der Waals surface area contributed by atoms with E-state index in [9.17, 15) is 0 Å². The first-order chi connectivity index (χ1) is 41.6. The number of hydrogen-bond acceptors (Lipinski definition) is 1. The van der Waals surface area contributed by atoms with E-state index in [0.717, 1.165) is 67.3 Å². The van der Waals surface area contributed by atoms with Crippen molar-refractivity contribution in [1.82, 2.24) is 4.57 Å². The second-order valence-electron chi connectivity index (χ2n) is 21.7. The molecule has 0 radical (unpaired) electrons. The van der Waals surface area contributed by atoms with Crippen molar-refractivity contribution in [2.75, 3.05) is 4.90 Å². The number of nitrogens with zero attached hydrogens (tertiary/aromatic N) is 2. The van der Waals surface area contributed by atoms with Crippen molar-refractivity contribution in [1.29, 1.82) is 0 Å². The Bertz CT molecular complexity index is 4790. The standard InChI is InChI=1S/C82H56N2/c1-6-23-57(24-7-1)63-33-20-36-74(54-63)83(75-55-68(60-29-12-4-13-30-60)50-69(56-75)67-48-64(58-25-8-2-9-26-58)47-65(49-67)59-27-10-3-11-28-59)73-45-43-61(44-46-73)66-51-70(77-39-21-32-62-31-16-17-37-76(62)77)53-71(52-66)78-40-22-42-81-82(78)79-38-18-19-41-80(79)84(81)72-34-14-5-15-35-72/h1-56H. The number of benzene rings is 14. The maximum Gasteiger partial charge on any atom is 0.0547 e. The van der Waals surface area contributed by atoms with Crippen LogP contribution >= 0.6 is 0 Å². The average Bonchev–Trinajstić information content (AvgIpc) is 2.10. The van der Waals surface area contributed by atoms with Gasteiger partial charge < -0.3 is 9.47 Å². The molecule has 0 aliphatic rings. The number of para-hydroxylation sites is 2. The molecule has 1 aromatic heterocycles. The van der Waals surface area contributed by atoms with E-state index in [4.69, 9.17) is 0 Å². The molecule has 0 fully saturated rings. The minimum atomic E-state index is 1.05. The molecule has 0 saturated carbocycles. The predicted molar refractivity (Wildman–Crippen MR) is 356 cm³/mol. The van der Waals surface area contributed by atoms with Gasteiger partial charge in [-0.15, -0.1) is 0 Å². The molecule has 2 nitrogen and oxygen atoms in total. The summed E-state index contributed by atoms with van der Waals surface area (Å²) in [4.78, 5) is 2.44. The average molecular weight is 1070 g/mol. The van der Waals surface area contributed by atoms with Crippen LogP contribution in [0.15, 0.2) is 340 Å². The molecule has 15 aromatic rings. The van der Waals surface area contributed by atoms with Gasteiger partial charge >= 0.3 is 0 Å². The molecular weight excluding hydrogens is 1010 g/mol. The third-order valence-corrected chi connectivity index (χ3v) is 16.5. The van der Waals surface area contributed by atoms with Crippen molar-refractivity contribution >= 4 is 49.6 Å². The molecule has 15 rings (SSSR count). The minimum absolute atomic E-state index is 1.05. The van der Waals surface area contributed by atoms with Gasteiger partial charge in [0.1, 0.15) is 0 Å². The van der Waals surface area contributed by atoms with Gasteiger partial charge in [0.05, 0.1) is 11.0 Å². The Morgan fingerprint density at radius 3 is 1.20 bits per heavy atom. The van der Waals surface area contributed by atoms with Crippen molar-refractivity contribution in [2.45, 2.75) is 0 Å². The summed E-state index contributed by atoms with van der Waals surface area (Å²) in [7, 11) is 0. The number of hydrogen-bond donors (Lipinski definition) is 0. The molecule has 394 valence electrons. The van der Waals surface area contributed by atoms with Crippen LogP contribution in [0.2, 0.25) is 0 Å². The molecule has 14 aromatic carbocycles. The first-order valence-corrected chi connectivity index (χ1v) is 28.9. The van der Waals surface area contributed by atoms with Gasteiger partial charge in [0, 0.05) is 33.5 Å². The molecular formula is C82H56N2. The molecule has 0 saturated heterocycles. The van der Waals surface area contributed by atoms with E-state index in [1.807, 2.05) is 0 Å². The van der Waals surface area contributed by atoms with Crippen LogP contribution in [0.25, 0.3) is 127 Å². The maximum atomic E-state index is 2.44. The topological polar surface area (TPSA) is 8.17 Å². The second-order valence-corrected chi connectivity index (χ2v) is 21.7. The Hall–Kier alpha value is -11.1. The fourth-order valence-corrected chi connectivity index (χ4v) is 12.5. The van der Waals surface area contributed by atoms with E-state index < -0.39 is 0 Å². The zero-order valence-corrected chi connectivity index (χ0v) is 46.2. The van der Waals surface area contributed by atoms with E-state index in [2.05, 4.69) is 349 Å². The van der Waals surface area contributed by atoms with Crippen molar-refractivity contribution in [3.63, 3.8) is 0 Å². The molecule has 0 unspecified atom stereocenters. The normalized spacial score (nSPS) is 11.3. The number of anilines is 3. The third kappa shape index (κ3) is 9.52. The lowest BCUT2D eigenvalue weighted by molar-refractivity contribution is 1.18. The molecule has 0 N–H and O–H groups in total. The van der Waals surface area contributed by atoms with E-state index in [1.54, 1.807) is 0 Å². The van der Waals surface area contributed by atoms with Crippen LogP contribution in [-0.2, 0) is 0 Å². The fraction of sp³-hybridized carbons (Fsp3) is 0. The number of rotatable bonds is 12. The van der Waals surface area contributed by atoms with Crippen LogP contribution in [0.4, 0.5) is 17.1 Å². The second kappa shape index (κ2) is 21.8. The van der Waals surface area contributed by atoms with E-state index in [-0.39, 0.29) is 0 Å². The Labute approximate surface area is 490 Å². The fourth-order valence-electron chi connectivity index (χ4n) is 12.5. The monoisotopic (exact) mass is 1070 g/mol. The Balaban J connectivity index is 0.923. The van der Waals surface area contributed by atoms with Gasteiger partial charge in [0.15, 0.2) is 0 Å². The van der Waals surface area contributed by atoms with Crippen molar-refractivity contribution in [3.8, 4) is 94.7 Å². The van der Waals surface area contributed by atoms with Gasteiger partial charge in [-0.1, -0.05) is 237 Å². The minimum Gasteiger partial charge on any atom is -0.310 e. The smallest absolute Gasteiger partial charge is 0.0547 e. The van der Waals surface area contributed by atoms with Crippen molar-refractivity contribution < 1.29 is 0 Å². The van der Waals surface area contributed by atoms with E-state index >= 15 is 0 Å². The highest BCUT2D eigenvalue weighted by Gasteiger charge is 2.21. The summed E-state index contributed by atoms with van der Waals surface area (Å²) >= 11 is 0. The van der Waals surface area contributed by atoms with Crippen LogP contribution in [-0.4, -0.2) is 4.57 Å². The SMILES string of the molecule is c1ccc(-c2cc(-c3ccccc3)cc(-c3cc(-c4ccccc4)cc(N(c4ccc(-c5cc(-c6cccc7ccccc67)cc(-c6cccc7c6c6ccccc6n7-c6ccccc6)c5)cc4)c4cccc(-c5ccccc5)c4)c3)c2)cc1. The largest absolute Gasteiger partial charge is 0.310 e. The van der Waals surface area contributed by atoms with Gasteiger partial charge in [-0.25, -0.2) is 0 Å². The molecule has 0 amide bonds. The Morgan fingerprint density at radius 1 is 0.202 bits per heavy atom. The first kappa shape index (κ1) is 49.9. The zero-order chi connectivity index (χ0) is 55.8. The summed E-state index contributed by atoms with van der Waals surface area (Å²) in [5, 5.41) is 4.91. The molecule has 2 heteroatoms. The highest BCUT2D eigenvalue weighted by molar-refractivity contribution is 6.16. The molecule has 0 atom stereocenters. The molecule has 0 aliphatic heterocycles. The van der Waals surface area contributed by atoms with Gasteiger partial charge in [-0.3, -0.25) is 0 Å². The van der Waals surface area contributed by atoms with Crippen LogP contribution in [0, 0.1) is 0 Å². The lowest BCUT2D eigenvalue weighted by atomic mass is 9.90. The summed E-state index contributed by atoms with van der Waals surface area (Å²) in [6, 6.07) is 124. The van der Waals surface area contributed by atoms with Crippen LogP contribution in [0.3, 0.4) is 0 Å². The highest BCUT2D eigenvalue weighted by atomic mass is 15.1.